The molecule has 0 aliphatic heterocycles. The summed E-state index contributed by atoms with van der Waals surface area (Å²) in [7, 11) is 0. The molecule has 0 saturated carbocycles. The average Bonchev–Trinajstić information content (AvgIpc) is 2.54. The van der Waals surface area contributed by atoms with Crippen molar-refractivity contribution in [2.24, 2.45) is 0 Å². The number of ether oxygens (including phenoxy) is 1. The van der Waals surface area contributed by atoms with Gasteiger partial charge in [-0.15, -0.1) is 0 Å². The van der Waals surface area contributed by atoms with Crippen molar-refractivity contribution in [2.75, 3.05) is 6.61 Å². The van der Waals surface area contributed by atoms with Gasteiger partial charge in [0.05, 0.1) is 6.10 Å². The molecule has 2 aromatic rings. The molecule has 2 rings (SSSR count). The maximum Gasteiger partial charge on any atom is 0.160 e. The molecular weight excluding hydrogens is 278 g/mol. The number of nitrogens with one attached hydrogen (secondary N) is 1. The van der Waals surface area contributed by atoms with E-state index in [0.29, 0.717) is 12.4 Å². The van der Waals surface area contributed by atoms with Crippen LogP contribution in [0.15, 0.2) is 54.6 Å². The first-order valence-corrected chi connectivity index (χ1v) is 7.47. The Labute approximate surface area is 131 Å². The zero-order valence-electron chi connectivity index (χ0n) is 12.9. The van der Waals surface area contributed by atoms with Crippen LogP contribution < -0.4 is 10.1 Å². The Bertz CT molecular complexity index is 574. The summed E-state index contributed by atoms with van der Waals surface area (Å²) in [6, 6.07) is 16.4. The van der Waals surface area contributed by atoms with Crippen molar-refractivity contribution in [3.05, 3.63) is 60.2 Å². The van der Waals surface area contributed by atoms with Crippen LogP contribution in [0, 0.1) is 0 Å². The lowest BCUT2D eigenvalue weighted by molar-refractivity contribution is 0.123. The minimum Gasteiger partial charge on any atom is -0.504 e. The normalized spacial score (nSPS) is 15.0. The van der Waals surface area contributed by atoms with Crippen molar-refractivity contribution in [2.45, 2.75) is 32.0 Å². The molecule has 118 valence electrons. The fourth-order valence-corrected chi connectivity index (χ4v) is 2.32. The third-order valence-electron chi connectivity index (χ3n) is 3.52. The van der Waals surface area contributed by atoms with Gasteiger partial charge in [-0.2, -0.15) is 0 Å². The van der Waals surface area contributed by atoms with Gasteiger partial charge in [0.15, 0.2) is 11.5 Å². The highest BCUT2D eigenvalue weighted by molar-refractivity contribution is 5.37. The van der Waals surface area contributed by atoms with E-state index in [9.17, 15) is 10.2 Å². The molecule has 1 unspecified atom stereocenters. The van der Waals surface area contributed by atoms with Gasteiger partial charge in [-0.05, 0) is 31.5 Å². The van der Waals surface area contributed by atoms with Gasteiger partial charge in [0, 0.05) is 12.1 Å². The predicted molar refractivity (Wildman–Crippen MR) is 87.1 cm³/mol. The molecule has 0 radical (unpaired) electrons. The van der Waals surface area contributed by atoms with Gasteiger partial charge in [-0.3, -0.25) is 0 Å². The predicted octanol–water partition coefficient (Wildman–Crippen LogP) is 2.87. The van der Waals surface area contributed by atoms with Gasteiger partial charge in [0.25, 0.3) is 0 Å². The second-order valence-corrected chi connectivity index (χ2v) is 5.49. The van der Waals surface area contributed by atoms with Crippen LogP contribution in [-0.4, -0.2) is 28.9 Å². The number of aliphatic hydroxyl groups excluding tert-OH is 1. The van der Waals surface area contributed by atoms with Gasteiger partial charge in [-0.25, -0.2) is 0 Å². The van der Waals surface area contributed by atoms with E-state index in [4.69, 9.17) is 4.74 Å². The van der Waals surface area contributed by atoms with Gasteiger partial charge in [0.1, 0.15) is 6.61 Å². The molecule has 3 N–H and O–H groups in total. The van der Waals surface area contributed by atoms with Crippen molar-refractivity contribution in [3.63, 3.8) is 0 Å². The maximum absolute atomic E-state index is 10.3. The Balaban J connectivity index is 1.84. The molecule has 2 aromatic carbocycles. The largest absolute Gasteiger partial charge is 0.504 e. The second-order valence-electron chi connectivity index (χ2n) is 5.49. The number of benzene rings is 2. The molecule has 0 aliphatic carbocycles. The van der Waals surface area contributed by atoms with Gasteiger partial charge < -0.3 is 20.3 Å². The SMILES string of the molecule is CC(COc1ccccc1O)N[C@H](C)[C@@H](O)c1ccccc1. The minimum absolute atomic E-state index is 0.0352. The quantitative estimate of drug-likeness (QED) is 0.736. The average molecular weight is 301 g/mol. The molecule has 0 heterocycles. The summed E-state index contributed by atoms with van der Waals surface area (Å²) in [5.41, 5.74) is 0.885. The molecule has 0 amide bonds. The number of hydrogen-bond donors (Lipinski definition) is 3. The van der Waals surface area contributed by atoms with Gasteiger partial charge >= 0.3 is 0 Å². The summed E-state index contributed by atoms with van der Waals surface area (Å²) in [5, 5.41) is 23.3. The molecule has 0 fully saturated rings. The number of hydrogen-bond acceptors (Lipinski definition) is 4. The standard InChI is InChI=1S/C18H23NO3/c1-13(12-22-17-11-7-6-10-16(17)20)19-14(2)18(21)15-8-4-3-5-9-15/h3-11,13-14,18-21H,12H2,1-2H3/t13?,14-,18-/m1/s1. The zero-order chi connectivity index (χ0) is 15.9. The van der Waals surface area contributed by atoms with Crippen molar-refractivity contribution in [1.29, 1.82) is 0 Å². The fourth-order valence-electron chi connectivity index (χ4n) is 2.32. The first-order chi connectivity index (χ1) is 10.6. The molecule has 0 spiro atoms. The third-order valence-corrected chi connectivity index (χ3v) is 3.52. The molecule has 4 nitrogen and oxygen atoms in total. The van der Waals surface area contributed by atoms with E-state index in [1.165, 1.54) is 0 Å². The molecule has 0 aromatic heterocycles. The van der Waals surface area contributed by atoms with Crippen molar-refractivity contribution in [3.8, 4) is 11.5 Å². The van der Waals surface area contributed by atoms with Crippen molar-refractivity contribution >= 4 is 0 Å². The van der Waals surface area contributed by atoms with Crippen LogP contribution in [0.2, 0.25) is 0 Å². The molecule has 0 bridgehead atoms. The number of phenolic OH excluding ortho intramolecular Hbond substituents is 1. The Hall–Kier alpha value is -2.04. The maximum atomic E-state index is 10.3. The van der Waals surface area contributed by atoms with Crippen molar-refractivity contribution in [1.82, 2.24) is 5.32 Å². The number of aromatic hydroxyl groups is 1. The highest BCUT2D eigenvalue weighted by Crippen LogP contribution is 2.24. The van der Waals surface area contributed by atoms with E-state index in [1.807, 2.05) is 50.2 Å². The molecule has 22 heavy (non-hydrogen) atoms. The highest BCUT2D eigenvalue weighted by atomic mass is 16.5. The summed E-state index contributed by atoms with van der Waals surface area (Å²) >= 11 is 0. The van der Waals surface area contributed by atoms with E-state index in [2.05, 4.69) is 5.32 Å². The van der Waals surface area contributed by atoms with Crippen LogP contribution >= 0.6 is 0 Å². The van der Waals surface area contributed by atoms with Crippen LogP contribution in [0.25, 0.3) is 0 Å². The summed E-state index contributed by atoms with van der Waals surface area (Å²) < 4.78 is 5.59. The van der Waals surface area contributed by atoms with E-state index in [-0.39, 0.29) is 17.8 Å². The third kappa shape index (κ3) is 4.48. The first kappa shape index (κ1) is 16.3. The summed E-state index contributed by atoms with van der Waals surface area (Å²) in [6.07, 6.45) is -0.575. The molecule has 4 heteroatoms. The monoisotopic (exact) mass is 301 g/mol. The summed E-state index contributed by atoms with van der Waals surface area (Å²) in [4.78, 5) is 0. The fraction of sp³-hybridized carbons (Fsp3) is 0.333. The lowest BCUT2D eigenvalue weighted by Gasteiger charge is -2.25. The minimum atomic E-state index is -0.575. The van der Waals surface area contributed by atoms with Crippen LogP contribution in [0.5, 0.6) is 11.5 Å². The number of phenols is 1. The molecule has 0 saturated heterocycles. The summed E-state index contributed by atoms with van der Waals surface area (Å²) in [6.45, 7) is 4.33. The molecule has 3 atom stereocenters. The smallest absolute Gasteiger partial charge is 0.160 e. The number of para-hydroxylation sites is 2. The second kappa shape index (κ2) is 7.82. The Kier molecular flexibility index (Phi) is 5.81. The number of aliphatic hydroxyl groups is 1. The Morgan fingerprint density at radius 1 is 1.00 bits per heavy atom. The highest BCUT2D eigenvalue weighted by Gasteiger charge is 2.18. The lowest BCUT2D eigenvalue weighted by Crippen LogP contribution is -2.41. The van der Waals surface area contributed by atoms with E-state index in [1.54, 1.807) is 18.2 Å². The van der Waals surface area contributed by atoms with E-state index >= 15 is 0 Å². The van der Waals surface area contributed by atoms with Gasteiger partial charge in [-0.1, -0.05) is 42.5 Å². The Morgan fingerprint density at radius 3 is 2.32 bits per heavy atom. The van der Waals surface area contributed by atoms with Crippen LogP contribution in [0.4, 0.5) is 0 Å². The van der Waals surface area contributed by atoms with E-state index in [0.717, 1.165) is 5.56 Å². The van der Waals surface area contributed by atoms with Gasteiger partial charge in [0.2, 0.25) is 0 Å². The lowest BCUT2D eigenvalue weighted by atomic mass is 10.0. The topological polar surface area (TPSA) is 61.7 Å². The van der Waals surface area contributed by atoms with E-state index < -0.39 is 6.10 Å². The molecule has 0 aliphatic rings. The Morgan fingerprint density at radius 2 is 1.64 bits per heavy atom. The van der Waals surface area contributed by atoms with Crippen LogP contribution in [0.3, 0.4) is 0 Å². The zero-order valence-corrected chi connectivity index (χ0v) is 12.9. The van der Waals surface area contributed by atoms with Crippen LogP contribution in [0.1, 0.15) is 25.5 Å². The number of rotatable bonds is 7. The van der Waals surface area contributed by atoms with Crippen LogP contribution in [-0.2, 0) is 0 Å². The van der Waals surface area contributed by atoms with Crippen molar-refractivity contribution < 1.29 is 14.9 Å². The molecular formula is C18H23NO3. The first-order valence-electron chi connectivity index (χ1n) is 7.47. The summed E-state index contributed by atoms with van der Waals surface area (Å²) in [5.74, 6) is 0.597.